The van der Waals surface area contributed by atoms with Gasteiger partial charge >= 0.3 is 5.97 Å². The molecule has 3 aromatic rings. The largest absolute Gasteiger partial charge is 0.427 e. The van der Waals surface area contributed by atoms with Crippen molar-refractivity contribution in [1.82, 2.24) is 4.98 Å². The normalized spacial score (nSPS) is 11.8. The van der Waals surface area contributed by atoms with Crippen molar-refractivity contribution in [3.63, 3.8) is 0 Å². The number of esters is 1. The molecule has 0 saturated carbocycles. The third-order valence-corrected chi connectivity index (χ3v) is 4.19. The lowest BCUT2D eigenvalue weighted by Gasteiger charge is -2.18. The van der Waals surface area contributed by atoms with E-state index in [2.05, 4.69) is 33.0 Å². The number of rotatable bonds is 4. The molecule has 1 atom stereocenters. The molecule has 0 radical (unpaired) electrons. The Kier molecular flexibility index (Phi) is 5.06. The highest BCUT2D eigenvalue weighted by molar-refractivity contribution is 9.10. The number of hydrogen-bond donors (Lipinski definition) is 0. The summed E-state index contributed by atoms with van der Waals surface area (Å²) in [5.41, 5.74) is 3.21. The number of benzene rings is 2. The summed E-state index contributed by atoms with van der Waals surface area (Å²) < 4.78 is 6.15. The topological polar surface area (TPSA) is 39.2 Å². The van der Waals surface area contributed by atoms with Crippen molar-refractivity contribution in [2.75, 3.05) is 0 Å². The van der Waals surface area contributed by atoms with Crippen LogP contribution in [0.4, 0.5) is 0 Å². The number of hydrogen-bond acceptors (Lipinski definition) is 3. The number of aromatic nitrogens is 1. The first kappa shape index (κ1) is 16.4. The molecule has 0 saturated heterocycles. The van der Waals surface area contributed by atoms with Gasteiger partial charge in [0, 0.05) is 17.6 Å². The van der Waals surface area contributed by atoms with Gasteiger partial charge in [-0.1, -0.05) is 46.3 Å². The highest BCUT2D eigenvalue weighted by Gasteiger charge is 2.18. The molecule has 2 aromatic carbocycles. The van der Waals surface area contributed by atoms with E-state index in [9.17, 15) is 4.79 Å². The minimum Gasteiger partial charge on any atom is -0.427 e. The maximum Gasteiger partial charge on any atom is 0.308 e. The van der Waals surface area contributed by atoms with E-state index in [1.54, 1.807) is 6.20 Å². The number of halogens is 1. The fourth-order valence-electron chi connectivity index (χ4n) is 2.63. The summed E-state index contributed by atoms with van der Waals surface area (Å²) >= 11 is 3.48. The number of carbonyl (C=O) groups excluding carboxylic acids is 1. The van der Waals surface area contributed by atoms with E-state index in [0.29, 0.717) is 5.75 Å². The van der Waals surface area contributed by atoms with Crippen LogP contribution in [-0.2, 0) is 4.79 Å². The van der Waals surface area contributed by atoms with Crippen molar-refractivity contribution in [1.29, 1.82) is 0 Å². The second-order valence-corrected chi connectivity index (χ2v) is 6.32. The van der Waals surface area contributed by atoms with Gasteiger partial charge in [0.25, 0.3) is 0 Å². The Morgan fingerprint density at radius 2 is 1.58 bits per heavy atom. The molecule has 0 bridgehead atoms. The van der Waals surface area contributed by atoms with Crippen molar-refractivity contribution in [2.24, 2.45) is 0 Å². The summed E-state index contributed by atoms with van der Waals surface area (Å²) in [6.07, 6.45) is 1.80. The molecule has 0 fully saturated rings. The maximum atomic E-state index is 11.1. The van der Waals surface area contributed by atoms with Crippen LogP contribution >= 0.6 is 15.9 Å². The quantitative estimate of drug-likeness (QED) is 0.474. The maximum absolute atomic E-state index is 11.1. The predicted octanol–water partition coefficient (Wildman–Crippen LogP) is 4.95. The van der Waals surface area contributed by atoms with Crippen LogP contribution in [0.3, 0.4) is 0 Å². The highest BCUT2D eigenvalue weighted by atomic mass is 79.9. The Morgan fingerprint density at radius 3 is 2.12 bits per heavy atom. The summed E-state index contributed by atoms with van der Waals surface area (Å²) in [4.78, 5) is 15.6. The molecule has 0 aliphatic carbocycles. The van der Waals surface area contributed by atoms with E-state index in [1.807, 2.05) is 54.6 Å². The summed E-state index contributed by atoms with van der Waals surface area (Å²) in [6, 6.07) is 21.7. The van der Waals surface area contributed by atoms with E-state index in [0.717, 1.165) is 21.3 Å². The molecular weight excluding hydrogens is 366 g/mol. The van der Waals surface area contributed by atoms with Crippen LogP contribution in [0.25, 0.3) is 0 Å². The van der Waals surface area contributed by atoms with E-state index in [-0.39, 0.29) is 11.9 Å². The number of nitrogens with zero attached hydrogens (tertiary/aromatic N) is 1. The Morgan fingerprint density at radius 1 is 0.958 bits per heavy atom. The molecule has 1 unspecified atom stereocenters. The van der Waals surface area contributed by atoms with E-state index < -0.39 is 0 Å². The zero-order chi connectivity index (χ0) is 16.9. The van der Waals surface area contributed by atoms with Crippen LogP contribution in [0.5, 0.6) is 5.75 Å². The molecule has 3 nitrogen and oxygen atoms in total. The lowest BCUT2D eigenvalue weighted by molar-refractivity contribution is -0.131. The standard InChI is InChI=1S/C20H16BrNO2/c1-14(23)24-18-11-7-16(8-12-18)20(19-4-2-3-13-22-19)15-5-9-17(21)10-6-15/h2-13,20H,1H3. The van der Waals surface area contributed by atoms with Gasteiger partial charge in [-0.25, -0.2) is 0 Å². The second kappa shape index (κ2) is 7.41. The molecule has 24 heavy (non-hydrogen) atoms. The van der Waals surface area contributed by atoms with E-state index in [1.165, 1.54) is 6.92 Å². The molecule has 0 N–H and O–H groups in total. The van der Waals surface area contributed by atoms with Crippen molar-refractivity contribution >= 4 is 21.9 Å². The molecular formula is C20H16BrNO2. The van der Waals surface area contributed by atoms with Gasteiger partial charge in [-0.3, -0.25) is 9.78 Å². The SMILES string of the molecule is CC(=O)Oc1ccc(C(c2ccc(Br)cc2)c2ccccn2)cc1. The van der Waals surface area contributed by atoms with Crippen LogP contribution in [-0.4, -0.2) is 11.0 Å². The molecule has 0 spiro atoms. The Labute approximate surface area is 149 Å². The van der Waals surface area contributed by atoms with Gasteiger partial charge in [0.2, 0.25) is 0 Å². The van der Waals surface area contributed by atoms with Gasteiger partial charge in [0.15, 0.2) is 0 Å². The zero-order valence-corrected chi connectivity index (χ0v) is 14.7. The Hall–Kier alpha value is -2.46. The van der Waals surface area contributed by atoms with Crippen LogP contribution in [0.1, 0.15) is 29.7 Å². The minimum absolute atomic E-state index is 0.0191. The number of ether oxygens (including phenoxy) is 1. The average Bonchev–Trinajstić information content (AvgIpc) is 2.59. The lowest BCUT2D eigenvalue weighted by atomic mass is 9.88. The van der Waals surface area contributed by atoms with Crippen LogP contribution in [0.2, 0.25) is 0 Å². The van der Waals surface area contributed by atoms with Crippen LogP contribution < -0.4 is 4.74 Å². The number of carbonyl (C=O) groups is 1. The molecule has 0 aliphatic heterocycles. The highest BCUT2D eigenvalue weighted by Crippen LogP contribution is 2.32. The third kappa shape index (κ3) is 3.89. The molecule has 0 amide bonds. The first-order valence-corrected chi connectivity index (χ1v) is 8.37. The van der Waals surface area contributed by atoms with Gasteiger partial charge in [0.05, 0.1) is 11.6 Å². The van der Waals surface area contributed by atoms with E-state index >= 15 is 0 Å². The summed E-state index contributed by atoms with van der Waals surface area (Å²) in [6.45, 7) is 1.40. The molecule has 1 heterocycles. The summed E-state index contributed by atoms with van der Waals surface area (Å²) in [5, 5.41) is 0. The predicted molar refractivity (Wildman–Crippen MR) is 97.1 cm³/mol. The van der Waals surface area contributed by atoms with Crippen molar-refractivity contribution in [3.05, 3.63) is 94.2 Å². The molecule has 1 aromatic heterocycles. The van der Waals surface area contributed by atoms with Crippen LogP contribution in [0, 0.1) is 0 Å². The van der Waals surface area contributed by atoms with Crippen molar-refractivity contribution in [2.45, 2.75) is 12.8 Å². The van der Waals surface area contributed by atoms with Gasteiger partial charge in [-0.15, -0.1) is 0 Å². The zero-order valence-electron chi connectivity index (χ0n) is 13.1. The molecule has 3 rings (SSSR count). The van der Waals surface area contributed by atoms with E-state index in [4.69, 9.17) is 4.74 Å². The molecule has 120 valence electrons. The van der Waals surface area contributed by atoms with Gasteiger partial charge in [-0.2, -0.15) is 0 Å². The smallest absolute Gasteiger partial charge is 0.308 e. The average molecular weight is 382 g/mol. The van der Waals surface area contributed by atoms with Crippen LogP contribution in [0.15, 0.2) is 77.4 Å². The monoisotopic (exact) mass is 381 g/mol. The van der Waals surface area contributed by atoms with Crippen molar-refractivity contribution in [3.8, 4) is 5.75 Å². The Balaban J connectivity index is 2.01. The molecule has 0 aliphatic rings. The third-order valence-electron chi connectivity index (χ3n) is 3.66. The summed E-state index contributed by atoms with van der Waals surface area (Å²) in [7, 11) is 0. The second-order valence-electron chi connectivity index (χ2n) is 5.40. The molecule has 4 heteroatoms. The fraction of sp³-hybridized carbons (Fsp3) is 0.100. The van der Waals surface area contributed by atoms with Gasteiger partial charge in [-0.05, 0) is 47.5 Å². The lowest BCUT2D eigenvalue weighted by Crippen LogP contribution is -2.06. The van der Waals surface area contributed by atoms with Gasteiger partial charge in [0.1, 0.15) is 5.75 Å². The number of pyridine rings is 1. The summed E-state index contributed by atoms with van der Waals surface area (Å²) in [5.74, 6) is 0.240. The Bertz CT molecular complexity index is 815. The first-order valence-electron chi connectivity index (χ1n) is 7.58. The van der Waals surface area contributed by atoms with Crippen molar-refractivity contribution < 1.29 is 9.53 Å². The fourth-order valence-corrected chi connectivity index (χ4v) is 2.89. The first-order chi connectivity index (χ1) is 11.6. The minimum atomic E-state index is -0.322. The van der Waals surface area contributed by atoms with Gasteiger partial charge < -0.3 is 4.74 Å².